The molecule has 19 heavy (non-hydrogen) atoms. The minimum atomic E-state index is -5.86. The van der Waals surface area contributed by atoms with Gasteiger partial charge in [0.25, 0.3) is 0 Å². The second kappa shape index (κ2) is 4.29. The van der Waals surface area contributed by atoms with Crippen LogP contribution in [0, 0.1) is 0 Å². The van der Waals surface area contributed by atoms with Crippen LogP contribution >= 0.6 is 0 Å². The molecule has 10 heteroatoms. The molecular weight excluding hydrogens is 291 g/mol. The number of alkyl halides is 3. The van der Waals surface area contributed by atoms with Gasteiger partial charge in [-0.15, -0.1) is 0 Å². The Kier molecular flexibility index (Phi) is 3.15. The molecular formula is C9H9F3NO5S-. The zero-order valence-corrected chi connectivity index (χ0v) is 10.3. The number of carbonyl (C=O) groups excluding carboxylic acids is 1. The first-order valence-electron chi connectivity index (χ1n) is 5.35. The number of carboxylic acids is 1. The summed E-state index contributed by atoms with van der Waals surface area (Å²) in [5.41, 5.74) is -6.20. The topological polar surface area (TPSA) is 86.7 Å². The highest BCUT2D eigenvalue weighted by Crippen LogP contribution is 2.37. The van der Waals surface area contributed by atoms with Crippen LogP contribution in [0.15, 0.2) is 11.5 Å². The summed E-state index contributed by atoms with van der Waals surface area (Å²) < 4.78 is 62.3. The Labute approximate surface area is 106 Å². The summed E-state index contributed by atoms with van der Waals surface area (Å²) >= 11 is 0. The molecule has 2 heterocycles. The standard InChI is InChI=1S/C9H10F3NO5S/c10-9(11,12)19(16,17)18-6-2-1-5-3-4-13(5)7(6)8(14)15/h5H,1-4H2,(H,14,15)/p-1. The van der Waals surface area contributed by atoms with Crippen LogP contribution in [0.5, 0.6) is 0 Å². The van der Waals surface area contributed by atoms with Crippen LogP contribution in [0.25, 0.3) is 0 Å². The van der Waals surface area contributed by atoms with Crippen molar-refractivity contribution in [3.8, 4) is 0 Å². The number of rotatable bonds is 3. The number of carbonyl (C=O) groups is 1. The summed E-state index contributed by atoms with van der Waals surface area (Å²) in [6, 6.07) is -0.103. The molecule has 1 atom stereocenters. The van der Waals surface area contributed by atoms with Gasteiger partial charge in [0, 0.05) is 19.0 Å². The van der Waals surface area contributed by atoms with E-state index in [4.69, 9.17) is 0 Å². The van der Waals surface area contributed by atoms with Crippen molar-refractivity contribution in [3.63, 3.8) is 0 Å². The van der Waals surface area contributed by atoms with Gasteiger partial charge in [-0.05, 0) is 12.8 Å². The van der Waals surface area contributed by atoms with Gasteiger partial charge in [0.2, 0.25) is 0 Å². The van der Waals surface area contributed by atoms with Crippen LogP contribution in [-0.2, 0) is 19.1 Å². The molecule has 0 aromatic rings. The molecule has 2 aliphatic rings. The first-order chi connectivity index (χ1) is 8.63. The fourth-order valence-electron chi connectivity index (χ4n) is 2.10. The summed E-state index contributed by atoms with van der Waals surface area (Å²) in [5, 5.41) is 10.9. The SMILES string of the molecule is O=C([O-])C1=C(OS(=O)(=O)C(F)(F)F)CCC2CCN12. The number of fused-ring (bicyclic) bond motifs is 1. The Hall–Kier alpha value is -1.45. The lowest BCUT2D eigenvalue weighted by Crippen LogP contribution is -2.53. The molecule has 0 aromatic carbocycles. The van der Waals surface area contributed by atoms with Gasteiger partial charge in [0.1, 0.15) is 11.5 Å². The van der Waals surface area contributed by atoms with Gasteiger partial charge in [0.05, 0.1) is 5.97 Å². The zero-order chi connectivity index (χ0) is 14.4. The van der Waals surface area contributed by atoms with Crippen LogP contribution in [0.3, 0.4) is 0 Å². The highest BCUT2D eigenvalue weighted by atomic mass is 32.2. The molecule has 0 spiro atoms. The van der Waals surface area contributed by atoms with E-state index in [2.05, 4.69) is 4.18 Å². The maximum atomic E-state index is 12.2. The van der Waals surface area contributed by atoms with E-state index in [1.807, 2.05) is 0 Å². The minimum absolute atomic E-state index is 0.103. The number of nitrogens with zero attached hydrogens (tertiary/aromatic N) is 1. The lowest BCUT2D eigenvalue weighted by molar-refractivity contribution is -0.302. The monoisotopic (exact) mass is 300 g/mol. The number of carboxylic acid groups (broad SMARTS) is 1. The van der Waals surface area contributed by atoms with Crippen molar-refractivity contribution in [2.75, 3.05) is 6.54 Å². The van der Waals surface area contributed by atoms with Crippen molar-refractivity contribution >= 4 is 16.1 Å². The molecule has 1 saturated heterocycles. The summed E-state index contributed by atoms with van der Waals surface area (Å²) in [5.74, 6) is -2.45. The molecule has 1 fully saturated rings. The molecule has 0 radical (unpaired) electrons. The summed E-state index contributed by atoms with van der Waals surface area (Å²) in [4.78, 5) is 12.2. The smallest absolute Gasteiger partial charge is 0.534 e. The van der Waals surface area contributed by atoms with Gasteiger partial charge >= 0.3 is 15.6 Å². The Morgan fingerprint density at radius 1 is 1.37 bits per heavy atom. The molecule has 0 aromatic heterocycles. The Balaban J connectivity index is 2.34. The van der Waals surface area contributed by atoms with Gasteiger partial charge in [-0.1, -0.05) is 0 Å². The number of allylic oxidation sites excluding steroid dienone is 1. The van der Waals surface area contributed by atoms with Gasteiger partial charge in [0.15, 0.2) is 0 Å². The fraction of sp³-hybridized carbons (Fsp3) is 0.667. The molecule has 2 rings (SSSR count). The molecule has 1 unspecified atom stereocenters. The van der Waals surface area contributed by atoms with Gasteiger partial charge in [-0.3, -0.25) is 0 Å². The van der Waals surface area contributed by atoms with E-state index in [1.165, 1.54) is 4.90 Å². The van der Waals surface area contributed by atoms with Crippen molar-refractivity contribution in [2.45, 2.75) is 30.8 Å². The quantitative estimate of drug-likeness (QED) is 0.524. The second-order valence-corrected chi connectivity index (χ2v) is 5.75. The second-order valence-electron chi connectivity index (χ2n) is 4.22. The van der Waals surface area contributed by atoms with Crippen molar-refractivity contribution < 1.29 is 35.7 Å². The number of hydrogen-bond acceptors (Lipinski definition) is 6. The van der Waals surface area contributed by atoms with Crippen molar-refractivity contribution in [2.24, 2.45) is 0 Å². The van der Waals surface area contributed by atoms with E-state index in [-0.39, 0.29) is 12.5 Å². The minimum Gasteiger partial charge on any atom is -0.543 e. The third-order valence-electron chi connectivity index (χ3n) is 3.09. The molecule has 108 valence electrons. The predicted molar refractivity (Wildman–Crippen MR) is 52.4 cm³/mol. The van der Waals surface area contributed by atoms with E-state index in [1.54, 1.807) is 0 Å². The molecule has 0 amide bonds. The van der Waals surface area contributed by atoms with E-state index in [0.29, 0.717) is 19.4 Å². The predicted octanol–water partition coefficient (Wildman–Crippen LogP) is -0.318. The van der Waals surface area contributed by atoms with Gasteiger partial charge in [-0.25, -0.2) is 0 Å². The van der Waals surface area contributed by atoms with Crippen LogP contribution in [0.4, 0.5) is 13.2 Å². The van der Waals surface area contributed by atoms with E-state index < -0.39 is 33.1 Å². The van der Waals surface area contributed by atoms with Crippen molar-refractivity contribution in [1.29, 1.82) is 0 Å². The third-order valence-corrected chi connectivity index (χ3v) is 4.07. The van der Waals surface area contributed by atoms with E-state index in [0.717, 1.165) is 0 Å². The number of halogens is 3. The summed E-state index contributed by atoms with van der Waals surface area (Å²) in [6.45, 7) is 0.326. The van der Waals surface area contributed by atoms with Gasteiger partial charge < -0.3 is 19.0 Å². The molecule has 0 N–H and O–H groups in total. The van der Waals surface area contributed by atoms with Gasteiger partial charge in [-0.2, -0.15) is 21.6 Å². The zero-order valence-electron chi connectivity index (χ0n) is 9.44. The first kappa shape index (κ1) is 14.0. The van der Waals surface area contributed by atoms with E-state index >= 15 is 0 Å². The molecule has 0 bridgehead atoms. The average Bonchev–Trinajstić information content (AvgIpc) is 2.19. The molecule has 6 nitrogen and oxygen atoms in total. The maximum absolute atomic E-state index is 12.2. The largest absolute Gasteiger partial charge is 0.543 e. The highest BCUT2D eigenvalue weighted by molar-refractivity contribution is 7.87. The number of aliphatic carboxylic acids is 1. The molecule has 2 aliphatic heterocycles. The van der Waals surface area contributed by atoms with Crippen LogP contribution < -0.4 is 5.11 Å². The van der Waals surface area contributed by atoms with Crippen molar-refractivity contribution in [1.82, 2.24) is 4.90 Å². The highest BCUT2D eigenvalue weighted by Gasteiger charge is 2.50. The molecule has 0 saturated carbocycles. The number of hydrogen-bond donors (Lipinski definition) is 0. The van der Waals surface area contributed by atoms with Crippen molar-refractivity contribution in [3.05, 3.63) is 11.5 Å². The normalized spacial score (nSPS) is 23.7. The van der Waals surface area contributed by atoms with Crippen LogP contribution in [-0.4, -0.2) is 37.4 Å². The Morgan fingerprint density at radius 2 is 2.00 bits per heavy atom. The van der Waals surface area contributed by atoms with E-state index in [9.17, 15) is 31.5 Å². The van der Waals surface area contributed by atoms with Crippen LogP contribution in [0.2, 0.25) is 0 Å². The maximum Gasteiger partial charge on any atom is 0.534 e. The molecule has 0 aliphatic carbocycles. The first-order valence-corrected chi connectivity index (χ1v) is 6.76. The average molecular weight is 300 g/mol. The lowest BCUT2D eigenvalue weighted by Gasteiger charge is -2.47. The third kappa shape index (κ3) is 2.36. The Morgan fingerprint density at radius 3 is 2.42 bits per heavy atom. The fourth-order valence-corrected chi connectivity index (χ4v) is 2.63. The van der Waals surface area contributed by atoms with Crippen LogP contribution in [0.1, 0.15) is 19.3 Å². The summed E-state index contributed by atoms with van der Waals surface area (Å²) in [6.07, 6.45) is 0.870. The summed E-state index contributed by atoms with van der Waals surface area (Å²) in [7, 11) is -5.86. The Bertz CT molecular complexity index is 539. The lowest BCUT2D eigenvalue weighted by atomic mass is 9.91.